The Hall–Kier alpha value is -3.76. The molecule has 0 saturated heterocycles. The van der Waals surface area contributed by atoms with Gasteiger partial charge in [0.05, 0.1) is 12.7 Å². The average Bonchev–Trinajstić information content (AvgIpc) is 2.81. The van der Waals surface area contributed by atoms with Crippen molar-refractivity contribution in [3.05, 3.63) is 23.3 Å². The molecule has 0 aliphatic rings. The van der Waals surface area contributed by atoms with E-state index in [9.17, 15) is 89.0 Å². The van der Waals surface area contributed by atoms with Crippen LogP contribution in [0.25, 0.3) is 0 Å². The summed E-state index contributed by atoms with van der Waals surface area (Å²) in [6.07, 6.45) is -7.94. The Kier molecular flexibility index (Phi) is 8.81. The third-order valence-corrected chi connectivity index (χ3v) is 4.92. The maximum atomic E-state index is 14.1. The first-order valence-electron chi connectivity index (χ1n) is 9.45. The quantitative estimate of drug-likeness (QED) is 0.171. The highest BCUT2D eigenvalue weighted by molar-refractivity contribution is 5.98. The first kappa shape index (κ1) is 36.3. The van der Waals surface area contributed by atoms with E-state index in [0.29, 0.717) is 7.11 Å². The molecule has 0 aromatic heterocycles. The minimum atomic E-state index is -8.96. The Bertz CT molecular complexity index is 1250. The van der Waals surface area contributed by atoms with Crippen molar-refractivity contribution in [1.29, 1.82) is 0 Å². The normalized spacial score (nSPS) is 14.4. The molecule has 0 amide bonds. The van der Waals surface area contributed by atoms with Gasteiger partial charge in [0.15, 0.2) is 11.5 Å². The summed E-state index contributed by atoms with van der Waals surface area (Å²) in [7, 11) is 0.403. The Labute approximate surface area is 217 Å². The molecule has 0 saturated carbocycles. The number of benzene rings is 1. The summed E-state index contributed by atoms with van der Waals surface area (Å²) in [5.74, 6) is -72.1. The van der Waals surface area contributed by atoms with Gasteiger partial charge in [0.2, 0.25) is 0 Å². The zero-order valence-corrected chi connectivity index (χ0v) is 19.0. The number of esters is 1. The standard InChI is InChI=1S/C18H7F17O7/c1-41-7-5(9(38)39)2-4(8(36)37)3-6(7)42-10(40)11(19,20)12(21,22)13(23,24)14(25,26)15(27,28)16(29,30)17(31,32)18(33,34)35/h2-3H,1H3,(H,36,37)(H,38,39). The molecule has 0 unspecified atom stereocenters. The van der Waals surface area contributed by atoms with Crippen molar-refractivity contribution in [1.82, 2.24) is 0 Å². The average molecular weight is 658 g/mol. The molecule has 0 bridgehead atoms. The molecule has 2 N–H and O–H groups in total. The fraction of sp³-hybridized carbons (Fsp3) is 0.500. The molecule has 24 heteroatoms. The Morgan fingerprint density at radius 2 is 0.976 bits per heavy atom. The van der Waals surface area contributed by atoms with Crippen molar-refractivity contribution in [3.63, 3.8) is 0 Å². The van der Waals surface area contributed by atoms with E-state index in [-0.39, 0.29) is 12.1 Å². The third-order valence-electron chi connectivity index (χ3n) is 4.92. The van der Waals surface area contributed by atoms with Crippen LogP contribution in [0.5, 0.6) is 11.5 Å². The van der Waals surface area contributed by atoms with Crippen LogP contribution in [0, 0.1) is 0 Å². The van der Waals surface area contributed by atoms with Crippen molar-refractivity contribution in [2.45, 2.75) is 47.6 Å². The number of rotatable bonds is 11. The first-order valence-corrected chi connectivity index (χ1v) is 9.45. The van der Waals surface area contributed by atoms with Crippen LogP contribution >= 0.6 is 0 Å². The van der Waals surface area contributed by atoms with E-state index in [0.717, 1.165) is 0 Å². The van der Waals surface area contributed by atoms with Crippen LogP contribution in [0.3, 0.4) is 0 Å². The molecule has 0 aliphatic heterocycles. The van der Waals surface area contributed by atoms with Crippen molar-refractivity contribution < 1.29 is 109 Å². The topological polar surface area (TPSA) is 110 Å². The highest BCUT2D eigenvalue weighted by Crippen LogP contribution is 2.64. The second-order valence-corrected chi connectivity index (χ2v) is 7.57. The molecule has 0 heterocycles. The second-order valence-electron chi connectivity index (χ2n) is 7.57. The van der Waals surface area contributed by atoms with Crippen LogP contribution in [-0.2, 0) is 4.79 Å². The van der Waals surface area contributed by atoms with Gasteiger partial charge in [-0.1, -0.05) is 0 Å². The van der Waals surface area contributed by atoms with E-state index in [4.69, 9.17) is 10.2 Å². The minimum absolute atomic E-state index is 0.140. The van der Waals surface area contributed by atoms with Gasteiger partial charge in [-0.3, -0.25) is 0 Å². The highest BCUT2D eigenvalue weighted by atomic mass is 19.4. The lowest BCUT2D eigenvalue weighted by atomic mass is 9.89. The van der Waals surface area contributed by atoms with Crippen molar-refractivity contribution >= 4 is 17.9 Å². The number of alkyl halides is 17. The maximum absolute atomic E-state index is 14.1. The number of hydrogen-bond donors (Lipinski definition) is 2. The second kappa shape index (κ2) is 10.2. The molecule has 1 aromatic rings. The van der Waals surface area contributed by atoms with Crippen LogP contribution in [0.15, 0.2) is 12.1 Å². The lowest BCUT2D eigenvalue weighted by molar-refractivity contribution is -0.459. The van der Waals surface area contributed by atoms with E-state index in [2.05, 4.69) is 9.47 Å². The van der Waals surface area contributed by atoms with Crippen LogP contribution in [0.4, 0.5) is 74.6 Å². The summed E-state index contributed by atoms with van der Waals surface area (Å²) in [6, 6.07) is -0.0539. The molecule has 0 aliphatic carbocycles. The predicted molar refractivity (Wildman–Crippen MR) is 93.2 cm³/mol. The van der Waals surface area contributed by atoms with Gasteiger partial charge < -0.3 is 19.7 Å². The van der Waals surface area contributed by atoms with Gasteiger partial charge in [-0.2, -0.15) is 74.6 Å². The Morgan fingerprint density at radius 1 is 0.595 bits per heavy atom. The fourth-order valence-corrected chi connectivity index (χ4v) is 2.63. The van der Waals surface area contributed by atoms with E-state index >= 15 is 0 Å². The number of carbonyl (C=O) groups is 3. The lowest BCUT2D eigenvalue weighted by Gasteiger charge is -2.42. The van der Waals surface area contributed by atoms with Gasteiger partial charge in [0, 0.05) is 0 Å². The predicted octanol–water partition coefficient (Wildman–Crippen LogP) is 6.01. The number of halogens is 17. The van der Waals surface area contributed by atoms with Crippen molar-refractivity contribution in [2.75, 3.05) is 7.11 Å². The molecule has 0 radical (unpaired) electrons. The molecule has 0 spiro atoms. The van der Waals surface area contributed by atoms with Crippen LogP contribution < -0.4 is 9.47 Å². The summed E-state index contributed by atoms with van der Waals surface area (Å²) in [5, 5.41) is 17.8. The number of methoxy groups -OCH3 is 1. The smallest absolute Gasteiger partial charge is 0.460 e. The van der Waals surface area contributed by atoms with Gasteiger partial charge in [-0.15, -0.1) is 0 Å². The molecular weight excluding hydrogens is 651 g/mol. The number of carboxylic acid groups (broad SMARTS) is 2. The maximum Gasteiger partial charge on any atom is 0.460 e. The largest absolute Gasteiger partial charge is 0.492 e. The van der Waals surface area contributed by atoms with E-state index in [1.165, 1.54) is 0 Å². The molecule has 1 aromatic carbocycles. The highest BCUT2D eigenvalue weighted by Gasteiger charge is 2.96. The molecule has 7 nitrogen and oxygen atoms in total. The molecular formula is C18H7F17O7. The number of ether oxygens (including phenoxy) is 2. The summed E-state index contributed by atoms with van der Waals surface area (Å²) < 4.78 is 234. The molecule has 0 atom stereocenters. The Morgan fingerprint density at radius 3 is 1.31 bits per heavy atom. The summed E-state index contributed by atoms with van der Waals surface area (Å²) in [4.78, 5) is 33.9. The molecule has 0 fully saturated rings. The van der Waals surface area contributed by atoms with Crippen molar-refractivity contribution in [3.8, 4) is 11.5 Å². The van der Waals surface area contributed by atoms with Gasteiger partial charge in [-0.25, -0.2) is 14.4 Å². The van der Waals surface area contributed by atoms with E-state index in [1.54, 1.807) is 0 Å². The first-order chi connectivity index (χ1) is 18.3. The van der Waals surface area contributed by atoms with Crippen LogP contribution in [0.2, 0.25) is 0 Å². The summed E-state index contributed by atoms with van der Waals surface area (Å²) in [5.41, 5.74) is -2.81. The van der Waals surface area contributed by atoms with Crippen LogP contribution in [0.1, 0.15) is 20.7 Å². The lowest BCUT2D eigenvalue weighted by Crippen LogP contribution is -2.75. The van der Waals surface area contributed by atoms with Gasteiger partial charge in [-0.05, 0) is 12.1 Å². The SMILES string of the molecule is COc1c(OC(=O)C(F)(F)C(F)(F)C(F)(F)C(F)(F)C(F)(F)C(F)(F)C(F)(F)C(F)(F)F)cc(C(=O)O)cc1C(=O)O. The fourth-order valence-electron chi connectivity index (χ4n) is 2.63. The number of hydrogen-bond acceptors (Lipinski definition) is 5. The zero-order chi connectivity index (χ0) is 33.9. The van der Waals surface area contributed by atoms with E-state index in [1.807, 2.05) is 0 Å². The monoisotopic (exact) mass is 658 g/mol. The number of aromatic carboxylic acids is 2. The van der Waals surface area contributed by atoms with Gasteiger partial charge in [0.1, 0.15) is 5.56 Å². The van der Waals surface area contributed by atoms with E-state index < -0.39 is 88.2 Å². The van der Waals surface area contributed by atoms with Crippen molar-refractivity contribution in [2.24, 2.45) is 0 Å². The number of carbonyl (C=O) groups excluding carboxylic acids is 1. The molecule has 1 rings (SSSR count). The third kappa shape index (κ3) is 4.96. The zero-order valence-electron chi connectivity index (χ0n) is 19.0. The summed E-state index contributed by atoms with van der Waals surface area (Å²) in [6.45, 7) is 0. The summed E-state index contributed by atoms with van der Waals surface area (Å²) >= 11 is 0. The Balaban J connectivity index is 3.77. The molecule has 240 valence electrons. The number of carboxylic acids is 2. The van der Waals surface area contributed by atoms with Gasteiger partial charge in [0.25, 0.3) is 0 Å². The van der Waals surface area contributed by atoms with Crippen LogP contribution in [-0.4, -0.2) is 82.9 Å². The minimum Gasteiger partial charge on any atom is -0.492 e. The van der Waals surface area contributed by atoms with Gasteiger partial charge >= 0.3 is 65.5 Å². The molecule has 42 heavy (non-hydrogen) atoms.